The topological polar surface area (TPSA) is 59.6 Å². The molecular formula is C15H22N2O3. The van der Waals surface area contributed by atoms with E-state index in [1.807, 2.05) is 6.92 Å². The number of carbonyl (C=O) groups is 1. The molecule has 1 aliphatic rings. The molecule has 1 aromatic carbocycles. The van der Waals surface area contributed by atoms with Gasteiger partial charge < -0.3 is 20.1 Å². The molecule has 1 saturated heterocycles. The van der Waals surface area contributed by atoms with Gasteiger partial charge in [0, 0.05) is 6.07 Å². The largest absolute Gasteiger partial charge is 0.497 e. The van der Waals surface area contributed by atoms with Gasteiger partial charge in [0.05, 0.1) is 25.4 Å². The fourth-order valence-electron chi connectivity index (χ4n) is 2.62. The van der Waals surface area contributed by atoms with Gasteiger partial charge in [-0.25, -0.2) is 0 Å². The third kappa shape index (κ3) is 2.72. The second kappa shape index (κ2) is 6.13. The number of rotatable bonds is 5. The van der Waals surface area contributed by atoms with Crippen molar-refractivity contribution in [2.45, 2.75) is 31.7 Å². The SMILES string of the molecule is CCC1(C(=O)Nc2cc(OC)ccc2OC)CCCN1. The second-order valence-electron chi connectivity index (χ2n) is 4.99. The van der Waals surface area contributed by atoms with Crippen LogP contribution in [0.3, 0.4) is 0 Å². The summed E-state index contributed by atoms with van der Waals surface area (Å²) in [5.74, 6) is 1.30. The molecule has 1 amide bonds. The summed E-state index contributed by atoms with van der Waals surface area (Å²) in [5.41, 5.74) is 0.173. The molecule has 1 atom stereocenters. The number of methoxy groups -OCH3 is 2. The van der Waals surface area contributed by atoms with Crippen LogP contribution < -0.4 is 20.1 Å². The normalized spacial score (nSPS) is 21.6. The van der Waals surface area contributed by atoms with E-state index in [0.29, 0.717) is 17.2 Å². The van der Waals surface area contributed by atoms with Crippen LogP contribution in [0.1, 0.15) is 26.2 Å². The maximum absolute atomic E-state index is 12.6. The lowest BCUT2D eigenvalue weighted by atomic mass is 9.93. The number of hydrogen-bond donors (Lipinski definition) is 2. The molecule has 0 aromatic heterocycles. The average molecular weight is 278 g/mol. The van der Waals surface area contributed by atoms with Crippen molar-refractivity contribution >= 4 is 11.6 Å². The van der Waals surface area contributed by atoms with Gasteiger partial charge in [0.1, 0.15) is 11.5 Å². The first kappa shape index (κ1) is 14.7. The summed E-state index contributed by atoms with van der Waals surface area (Å²) in [6.45, 7) is 2.91. The molecule has 2 rings (SSSR count). The summed E-state index contributed by atoms with van der Waals surface area (Å²) in [4.78, 5) is 12.6. The van der Waals surface area contributed by atoms with E-state index in [1.54, 1.807) is 32.4 Å². The van der Waals surface area contributed by atoms with Crippen LogP contribution in [0.2, 0.25) is 0 Å². The van der Waals surface area contributed by atoms with Gasteiger partial charge in [-0.2, -0.15) is 0 Å². The Morgan fingerprint density at radius 3 is 2.75 bits per heavy atom. The summed E-state index contributed by atoms with van der Waals surface area (Å²) >= 11 is 0. The number of hydrogen-bond acceptors (Lipinski definition) is 4. The van der Waals surface area contributed by atoms with Crippen molar-refractivity contribution in [3.63, 3.8) is 0 Å². The van der Waals surface area contributed by atoms with Gasteiger partial charge >= 0.3 is 0 Å². The van der Waals surface area contributed by atoms with Crippen molar-refractivity contribution in [2.75, 3.05) is 26.1 Å². The number of amides is 1. The van der Waals surface area contributed by atoms with E-state index in [9.17, 15) is 4.79 Å². The second-order valence-corrected chi connectivity index (χ2v) is 4.99. The van der Waals surface area contributed by atoms with Gasteiger partial charge in [0.15, 0.2) is 0 Å². The Morgan fingerprint density at radius 2 is 2.20 bits per heavy atom. The zero-order chi connectivity index (χ0) is 14.6. The van der Waals surface area contributed by atoms with Crippen molar-refractivity contribution in [1.29, 1.82) is 0 Å². The number of ether oxygens (including phenoxy) is 2. The van der Waals surface area contributed by atoms with Gasteiger partial charge in [0.2, 0.25) is 5.91 Å². The van der Waals surface area contributed by atoms with Crippen LogP contribution in [-0.2, 0) is 4.79 Å². The van der Waals surface area contributed by atoms with Gasteiger partial charge in [0.25, 0.3) is 0 Å². The molecule has 1 heterocycles. The van der Waals surface area contributed by atoms with E-state index >= 15 is 0 Å². The Bertz CT molecular complexity index is 482. The van der Waals surface area contributed by atoms with E-state index in [2.05, 4.69) is 10.6 Å². The minimum Gasteiger partial charge on any atom is -0.497 e. The molecule has 0 bridgehead atoms. The summed E-state index contributed by atoms with van der Waals surface area (Å²) in [6, 6.07) is 5.36. The lowest BCUT2D eigenvalue weighted by molar-refractivity contribution is -0.122. The zero-order valence-corrected chi connectivity index (χ0v) is 12.3. The lowest BCUT2D eigenvalue weighted by Gasteiger charge is -2.27. The molecule has 20 heavy (non-hydrogen) atoms. The van der Waals surface area contributed by atoms with E-state index < -0.39 is 5.54 Å². The van der Waals surface area contributed by atoms with Crippen LogP contribution in [-0.4, -0.2) is 32.2 Å². The molecule has 0 radical (unpaired) electrons. The Labute approximate surface area is 119 Å². The molecule has 1 unspecified atom stereocenters. The quantitative estimate of drug-likeness (QED) is 0.866. The summed E-state index contributed by atoms with van der Waals surface area (Å²) < 4.78 is 10.5. The maximum atomic E-state index is 12.6. The molecule has 1 aliphatic heterocycles. The molecule has 0 saturated carbocycles. The Kier molecular flexibility index (Phi) is 4.49. The summed E-state index contributed by atoms with van der Waals surface area (Å²) in [5, 5.41) is 6.29. The van der Waals surface area contributed by atoms with Crippen LogP contribution in [0.5, 0.6) is 11.5 Å². The highest BCUT2D eigenvalue weighted by atomic mass is 16.5. The van der Waals surface area contributed by atoms with Crippen LogP contribution in [0.25, 0.3) is 0 Å². The standard InChI is InChI=1S/C15H22N2O3/c1-4-15(8-5-9-16-15)14(18)17-12-10-11(19-2)6-7-13(12)20-3/h6-7,10,16H,4-5,8-9H2,1-3H3,(H,17,18). The number of nitrogens with one attached hydrogen (secondary N) is 2. The maximum Gasteiger partial charge on any atom is 0.244 e. The van der Waals surface area contributed by atoms with Crippen molar-refractivity contribution in [3.05, 3.63) is 18.2 Å². The molecule has 5 heteroatoms. The predicted octanol–water partition coefficient (Wildman–Crippen LogP) is 2.17. The first-order chi connectivity index (χ1) is 9.65. The molecule has 0 aliphatic carbocycles. The van der Waals surface area contributed by atoms with Crippen molar-refractivity contribution in [3.8, 4) is 11.5 Å². The fourth-order valence-corrected chi connectivity index (χ4v) is 2.62. The first-order valence-electron chi connectivity index (χ1n) is 6.93. The predicted molar refractivity (Wildman–Crippen MR) is 78.4 cm³/mol. The molecule has 1 aromatic rings. The number of anilines is 1. The third-order valence-electron chi connectivity index (χ3n) is 3.94. The summed E-state index contributed by atoms with van der Waals surface area (Å²) in [6.07, 6.45) is 2.66. The Balaban J connectivity index is 2.22. The van der Waals surface area contributed by atoms with E-state index in [0.717, 1.165) is 25.8 Å². The van der Waals surface area contributed by atoms with Crippen molar-refractivity contribution in [1.82, 2.24) is 5.32 Å². The Hall–Kier alpha value is -1.75. The fraction of sp³-hybridized carbons (Fsp3) is 0.533. The van der Waals surface area contributed by atoms with Gasteiger partial charge in [-0.15, -0.1) is 0 Å². The Morgan fingerprint density at radius 1 is 1.40 bits per heavy atom. The molecule has 5 nitrogen and oxygen atoms in total. The highest BCUT2D eigenvalue weighted by molar-refractivity contribution is 5.99. The van der Waals surface area contributed by atoms with Gasteiger partial charge in [-0.1, -0.05) is 6.92 Å². The van der Waals surface area contributed by atoms with E-state index in [1.165, 1.54) is 0 Å². The molecule has 110 valence electrons. The van der Waals surface area contributed by atoms with Crippen molar-refractivity contribution < 1.29 is 14.3 Å². The third-order valence-corrected chi connectivity index (χ3v) is 3.94. The van der Waals surface area contributed by atoms with Gasteiger partial charge in [-0.05, 0) is 37.9 Å². The van der Waals surface area contributed by atoms with E-state index in [-0.39, 0.29) is 5.91 Å². The van der Waals surface area contributed by atoms with Crippen LogP contribution >= 0.6 is 0 Å². The molecule has 1 fully saturated rings. The smallest absolute Gasteiger partial charge is 0.244 e. The average Bonchev–Trinajstić information content (AvgIpc) is 2.97. The zero-order valence-electron chi connectivity index (χ0n) is 12.3. The van der Waals surface area contributed by atoms with Crippen molar-refractivity contribution in [2.24, 2.45) is 0 Å². The lowest BCUT2D eigenvalue weighted by Crippen LogP contribution is -2.50. The van der Waals surface area contributed by atoms with Crippen LogP contribution in [0.15, 0.2) is 18.2 Å². The molecule has 0 spiro atoms. The first-order valence-corrected chi connectivity index (χ1v) is 6.93. The van der Waals surface area contributed by atoms with Crippen LogP contribution in [0, 0.1) is 0 Å². The molecular weight excluding hydrogens is 256 g/mol. The number of benzene rings is 1. The number of carbonyl (C=O) groups excluding carboxylic acids is 1. The van der Waals surface area contributed by atoms with E-state index in [4.69, 9.17) is 9.47 Å². The molecule has 2 N–H and O–H groups in total. The highest BCUT2D eigenvalue weighted by Crippen LogP contribution is 2.31. The van der Waals surface area contributed by atoms with Gasteiger partial charge in [-0.3, -0.25) is 4.79 Å². The monoisotopic (exact) mass is 278 g/mol. The van der Waals surface area contributed by atoms with Crippen LogP contribution in [0.4, 0.5) is 5.69 Å². The minimum atomic E-state index is -0.464. The highest BCUT2D eigenvalue weighted by Gasteiger charge is 2.39. The summed E-state index contributed by atoms with van der Waals surface area (Å²) in [7, 11) is 3.18. The minimum absolute atomic E-state index is 0.0101.